The Bertz CT molecular complexity index is 533. The Labute approximate surface area is 106 Å². The number of sulfonamides is 1. The number of carbonyl (C=O) groups is 1. The first-order valence-electron chi connectivity index (χ1n) is 5.44. The maximum atomic E-state index is 11.8. The first-order chi connectivity index (χ1) is 8.29. The van der Waals surface area contributed by atoms with Gasteiger partial charge in [-0.25, -0.2) is 17.9 Å². The second kappa shape index (κ2) is 5.51. The summed E-state index contributed by atoms with van der Waals surface area (Å²) in [5.41, 5.74) is 5.16. The van der Waals surface area contributed by atoms with E-state index in [4.69, 9.17) is 10.8 Å². The van der Waals surface area contributed by atoms with Crippen molar-refractivity contribution < 1.29 is 18.3 Å². The number of aromatic nitrogens is 1. The van der Waals surface area contributed by atoms with Gasteiger partial charge >= 0.3 is 5.97 Å². The molecule has 0 aliphatic rings. The van der Waals surface area contributed by atoms with Crippen LogP contribution in [-0.4, -0.2) is 37.2 Å². The third-order valence-electron chi connectivity index (χ3n) is 2.35. The predicted molar refractivity (Wildman–Crippen MR) is 66.0 cm³/mol. The lowest BCUT2D eigenvalue weighted by molar-refractivity contribution is 0.0683. The molecule has 0 spiro atoms. The molecule has 0 saturated heterocycles. The van der Waals surface area contributed by atoms with E-state index < -0.39 is 16.0 Å². The van der Waals surface area contributed by atoms with Crippen molar-refractivity contribution in [3.63, 3.8) is 0 Å². The Hall–Kier alpha value is -1.38. The van der Waals surface area contributed by atoms with Gasteiger partial charge in [0.15, 0.2) is 0 Å². The van der Waals surface area contributed by atoms with Gasteiger partial charge in [0.1, 0.15) is 10.6 Å². The van der Waals surface area contributed by atoms with Crippen LogP contribution in [0.5, 0.6) is 0 Å². The highest BCUT2D eigenvalue weighted by molar-refractivity contribution is 7.89. The van der Waals surface area contributed by atoms with Gasteiger partial charge in [0.2, 0.25) is 10.0 Å². The standard InChI is InChI=1S/C10H17N3O4S/c1-7(2)13-6-8(5-9(13)10(14)15)18(16,17)12-4-3-11/h5-7,12H,3-4,11H2,1-2H3,(H,14,15). The van der Waals surface area contributed by atoms with Gasteiger partial charge in [-0.1, -0.05) is 0 Å². The largest absolute Gasteiger partial charge is 0.477 e. The molecule has 18 heavy (non-hydrogen) atoms. The van der Waals surface area contributed by atoms with Gasteiger partial charge in [0.05, 0.1) is 0 Å². The highest BCUT2D eigenvalue weighted by atomic mass is 32.2. The van der Waals surface area contributed by atoms with Crippen molar-refractivity contribution >= 4 is 16.0 Å². The molecular formula is C10H17N3O4S. The molecule has 0 aromatic carbocycles. The molecule has 7 nitrogen and oxygen atoms in total. The number of hydrogen-bond donors (Lipinski definition) is 3. The van der Waals surface area contributed by atoms with E-state index in [1.54, 1.807) is 13.8 Å². The topological polar surface area (TPSA) is 114 Å². The Kier molecular flexibility index (Phi) is 4.49. The van der Waals surface area contributed by atoms with E-state index in [2.05, 4.69) is 4.72 Å². The van der Waals surface area contributed by atoms with Crippen molar-refractivity contribution in [2.75, 3.05) is 13.1 Å². The number of aromatic carboxylic acids is 1. The summed E-state index contributed by atoms with van der Waals surface area (Å²) in [5.74, 6) is -1.16. The molecule has 0 fully saturated rings. The van der Waals surface area contributed by atoms with Crippen molar-refractivity contribution in [3.05, 3.63) is 18.0 Å². The highest BCUT2D eigenvalue weighted by Crippen LogP contribution is 2.18. The van der Waals surface area contributed by atoms with E-state index >= 15 is 0 Å². The smallest absolute Gasteiger partial charge is 0.352 e. The van der Waals surface area contributed by atoms with Crippen LogP contribution in [0.3, 0.4) is 0 Å². The van der Waals surface area contributed by atoms with Crippen LogP contribution in [-0.2, 0) is 10.0 Å². The molecule has 102 valence electrons. The number of nitrogens with two attached hydrogens (primary N) is 1. The second-order valence-corrected chi connectivity index (χ2v) is 5.82. The fraction of sp³-hybridized carbons (Fsp3) is 0.500. The van der Waals surface area contributed by atoms with Crippen LogP contribution in [0.1, 0.15) is 30.4 Å². The Balaban J connectivity index is 3.20. The van der Waals surface area contributed by atoms with E-state index in [9.17, 15) is 13.2 Å². The quantitative estimate of drug-likeness (QED) is 0.676. The summed E-state index contributed by atoms with van der Waals surface area (Å²) < 4.78 is 27.3. The second-order valence-electron chi connectivity index (χ2n) is 4.05. The van der Waals surface area contributed by atoms with Crippen LogP contribution in [0.15, 0.2) is 17.2 Å². The zero-order valence-corrected chi connectivity index (χ0v) is 11.1. The molecule has 1 heterocycles. The van der Waals surface area contributed by atoms with E-state index in [0.717, 1.165) is 6.07 Å². The molecule has 8 heteroatoms. The lowest BCUT2D eigenvalue weighted by atomic mass is 10.3. The summed E-state index contributed by atoms with van der Waals surface area (Å²) in [6.45, 7) is 3.83. The first kappa shape index (κ1) is 14.7. The number of nitrogens with one attached hydrogen (secondary N) is 1. The molecular weight excluding hydrogens is 258 g/mol. The lowest BCUT2D eigenvalue weighted by Crippen LogP contribution is -2.28. The fourth-order valence-corrected chi connectivity index (χ4v) is 2.55. The zero-order chi connectivity index (χ0) is 13.9. The summed E-state index contributed by atoms with van der Waals surface area (Å²) in [5, 5.41) is 9.01. The van der Waals surface area contributed by atoms with Crippen molar-refractivity contribution in [2.45, 2.75) is 24.8 Å². The summed E-state index contributed by atoms with van der Waals surface area (Å²) in [6.07, 6.45) is 1.31. The van der Waals surface area contributed by atoms with Crippen LogP contribution in [0.4, 0.5) is 0 Å². The number of nitrogens with zero attached hydrogens (tertiary/aromatic N) is 1. The minimum Gasteiger partial charge on any atom is -0.477 e. The Morgan fingerprint density at radius 2 is 2.17 bits per heavy atom. The minimum absolute atomic E-state index is 0.0573. The van der Waals surface area contributed by atoms with Gasteiger partial charge in [-0.3, -0.25) is 0 Å². The summed E-state index contributed by atoms with van der Waals surface area (Å²) in [7, 11) is -3.71. The van der Waals surface area contributed by atoms with Gasteiger partial charge < -0.3 is 15.4 Å². The van der Waals surface area contributed by atoms with E-state index in [-0.39, 0.29) is 29.7 Å². The third kappa shape index (κ3) is 3.09. The van der Waals surface area contributed by atoms with Gasteiger partial charge in [-0.15, -0.1) is 0 Å². The van der Waals surface area contributed by atoms with Crippen molar-refractivity contribution in [1.29, 1.82) is 0 Å². The minimum atomic E-state index is -3.71. The van der Waals surface area contributed by atoms with Gasteiger partial charge in [-0.2, -0.15) is 0 Å². The number of carboxylic acids is 1. The molecule has 0 bridgehead atoms. The molecule has 0 unspecified atom stereocenters. The summed E-state index contributed by atoms with van der Waals surface area (Å²) in [4.78, 5) is 11.0. The average Bonchev–Trinajstić information content (AvgIpc) is 2.72. The third-order valence-corrected chi connectivity index (χ3v) is 3.77. The molecule has 0 radical (unpaired) electrons. The van der Waals surface area contributed by atoms with Crippen molar-refractivity contribution in [3.8, 4) is 0 Å². The van der Waals surface area contributed by atoms with Gasteiger partial charge in [0, 0.05) is 25.3 Å². The molecule has 4 N–H and O–H groups in total. The van der Waals surface area contributed by atoms with Crippen LogP contribution in [0.25, 0.3) is 0 Å². The Morgan fingerprint density at radius 3 is 2.56 bits per heavy atom. The van der Waals surface area contributed by atoms with Gasteiger partial charge in [0.25, 0.3) is 0 Å². The summed E-state index contributed by atoms with van der Waals surface area (Å²) in [6, 6.07) is 0.996. The zero-order valence-electron chi connectivity index (χ0n) is 10.3. The molecule has 0 atom stereocenters. The average molecular weight is 275 g/mol. The maximum absolute atomic E-state index is 11.8. The van der Waals surface area contributed by atoms with Crippen LogP contribution in [0.2, 0.25) is 0 Å². The number of rotatable bonds is 6. The van der Waals surface area contributed by atoms with Crippen LogP contribution >= 0.6 is 0 Å². The maximum Gasteiger partial charge on any atom is 0.352 e. The van der Waals surface area contributed by atoms with Crippen molar-refractivity contribution in [2.24, 2.45) is 5.73 Å². The van der Waals surface area contributed by atoms with Gasteiger partial charge in [-0.05, 0) is 19.9 Å². The predicted octanol–water partition coefficient (Wildman–Crippen LogP) is 0.00420. The van der Waals surface area contributed by atoms with E-state index in [1.165, 1.54) is 10.8 Å². The molecule has 0 amide bonds. The SMILES string of the molecule is CC(C)n1cc(S(=O)(=O)NCCN)cc1C(=O)O. The monoisotopic (exact) mass is 275 g/mol. The lowest BCUT2D eigenvalue weighted by Gasteiger charge is -2.09. The van der Waals surface area contributed by atoms with E-state index in [0.29, 0.717) is 0 Å². The molecule has 1 aromatic rings. The van der Waals surface area contributed by atoms with Crippen molar-refractivity contribution in [1.82, 2.24) is 9.29 Å². The molecule has 1 aromatic heterocycles. The van der Waals surface area contributed by atoms with E-state index in [1.807, 2.05) is 0 Å². The normalized spacial score (nSPS) is 12.0. The Morgan fingerprint density at radius 1 is 1.56 bits per heavy atom. The molecule has 0 saturated carbocycles. The molecule has 0 aliphatic carbocycles. The van der Waals surface area contributed by atoms with Crippen LogP contribution in [0, 0.1) is 0 Å². The first-order valence-corrected chi connectivity index (χ1v) is 6.93. The summed E-state index contributed by atoms with van der Waals surface area (Å²) >= 11 is 0. The molecule has 0 aliphatic heterocycles. The number of hydrogen-bond acceptors (Lipinski definition) is 4. The fourth-order valence-electron chi connectivity index (χ4n) is 1.48. The highest BCUT2D eigenvalue weighted by Gasteiger charge is 2.21. The molecule has 1 rings (SSSR count). The van der Waals surface area contributed by atoms with Crippen LogP contribution < -0.4 is 10.5 Å². The number of carboxylic acid groups (broad SMARTS) is 1.